The molecule has 0 radical (unpaired) electrons. The van der Waals surface area contributed by atoms with Crippen LogP contribution in [0.2, 0.25) is 0 Å². The zero-order chi connectivity index (χ0) is 13.2. The van der Waals surface area contributed by atoms with E-state index in [0.717, 1.165) is 24.9 Å². The van der Waals surface area contributed by atoms with Crippen molar-refractivity contribution < 1.29 is 0 Å². The molecule has 0 heterocycles. The van der Waals surface area contributed by atoms with E-state index in [1.807, 2.05) is 0 Å². The number of hydrogen-bond donors (Lipinski definition) is 1. The zero-order valence-corrected chi connectivity index (χ0v) is 12.3. The van der Waals surface area contributed by atoms with Gasteiger partial charge in [0.2, 0.25) is 0 Å². The van der Waals surface area contributed by atoms with Gasteiger partial charge < -0.3 is 5.32 Å². The molecule has 1 heteroatoms. The van der Waals surface area contributed by atoms with Crippen LogP contribution in [0.1, 0.15) is 45.6 Å². The molecule has 1 N–H and O–H groups in total. The van der Waals surface area contributed by atoms with Gasteiger partial charge in [-0.15, -0.1) is 0 Å². The maximum absolute atomic E-state index is 3.58. The fraction of sp³-hybridized carbons (Fsp3) is 0.647. The van der Waals surface area contributed by atoms with Crippen molar-refractivity contribution in [2.45, 2.75) is 46.5 Å². The lowest BCUT2D eigenvalue weighted by molar-refractivity contribution is 0.363. The molecule has 1 aromatic rings. The molecule has 1 nitrogen and oxygen atoms in total. The lowest BCUT2D eigenvalue weighted by Gasteiger charge is -2.21. The van der Waals surface area contributed by atoms with Crippen molar-refractivity contribution in [1.82, 2.24) is 5.32 Å². The smallest absolute Gasteiger partial charge is 0.00172 e. The summed E-state index contributed by atoms with van der Waals surface area (Å²) < 4.78 is 0. The van der Waals surface area contributed by atoms with Crippen LogP contribution in [0.15, 0.2) is 30.3 Å². The van der Waals surface area contributed by atoms with Crippen molar-refractivity contribution in [2.75, 3.05) is 13.1 Å². The minimum atomic E-state index is 0.772. The molecule has 0 aliphatic carbocycles. The van der Waals surface area contributed by atoms with E-state index in [1.54, 1.807) is 0 Å². The molecule has 0 saturated heterocycles. The molecule has 0 bridgehead atoms. The van der Waals surface area contributed by atoms with E-state index >= 15 is 0 Å². The Bertz CT molecular complexity index is 294. The van der Waals surface area contributed by atoms with Crippen molar-refractivity contribution in [2.24, 2.45) is 11.8 Å². The highest BCUT2D eigenvalue weighted by molar-refractivity contribution is 5.15. The van der Waals surface area contributed by atoms with Crippen molar-refractivity contribution in [3.8, 4) is 0 Å². The average molecular weight is 247 g/mol. The molecule has 0 aliphatic heterocycles. The SMILES string of the molecule is CCCNCC(Cc1ccccc1)CC(C)CC. The fourth-order valence-electron chi connectivity index (χ4n) is 2.40. The summed E-state index contributed by atoms with van der Waals surface area (Å²) in [5, 5.41) is 3.58. The Kier molecular flexibility index (Phi) is 7.75. The highest BCUT2D eigenvalue weighted by Crippen LogP contribution is 2.19. The monoisotopic (exact) mass is 247 g/mol. The second kappa shape index (κ2) is 9.16. The summed E-state index contributed by atoms with van der Waals surface area (Å²) in [6.07, 6.45) is 5.06. The van der Waals surface area contributed by atoms with Crippen LogP contribution in [0.3, 0.4) is 0 Å². The third kappa shape index (κ3) is 6.20. The summed E-state index contributed by atoms with van der Waals surface area (Å²) in [6.45, 7) is 9.20. The number of hydrogen-bond acceptors (Lipinski definition) is 1. The Morgan fingerprint density at radius 1 is 1.11 bits per heavy atom. The second-order valence-corrected chi connectivity index (χ2v) is 5.51. The van der Waals surface area contributed by atoms with Crippen LogP contribution in [0, 0.1) is 11.8 Å². The van der Waals surface area contributed by atoms with Crippen molar-refractivity contribution in [1.29, 1.82) is 0 Å². The Balaban J connectivity index is 2.48. The van der Waals surface area contributed by atoms with Gasteiger partial charge in [0.05, 0.1) is 0 Å². The van der Waals surface area contributed by atoms with Crippen LogP contribution in [0.5, 0.6) is 0 Å². The van der Waals surface area contributed by atoms with Gasteiger partial charge in [-0.05, 0) is 49.8 Å². The van der Waals surface area contributed by atoms with E-state index in [1.165, 1.54) is 31.2 Å². The van der Waals surface area contributed by atoms with Crippen LogP contribution < -0.4 is 5.32 Å². The first-order valence-electron chi connectivity index (χ1n) is 7.50. The quantitative estimate of drug-likeness (QED) is 0.642. The van der Waals surface area contributed by atoms with Gasteiger partial charge >= 0.3 is 0 Å². The maximum atomic E-state index is 3.58. The Morgan fingerprint density at radius 3 is 2.44 bits per heavy atom. The molecular formula is C17H29N. The molecule has 0 aromatic heterocycles. The third-order valence-electron chi connectivity index (χ3n) is 3.66. The van der Waals surface area contributed by atoms with Crippen molar-refractivity contribution in [3.63, 3.8) is 0 Å². The lowest BCUT2D eigenvalue weighted by atomic mass is 9.89. The molecule has 0 amide bonds. The molecule has 0 saturated carbocycles. The van der Waals surface area contributed by atoms with E-state index in [-0.39, 0.29) is 0 Å². The van der Waals surface area contributed by atoms with E-state index < -0.39 is 0 Å². The van der Waals surface area contributed by atoms with Gasteiger partial charge in [-0.25, -0.2) is 0 Å². The van der Waals surface area contributed by atoms with E-state index in [0.29, 0.717) is 0 Å². The number of rotatable bonds is 9. The molecule has 2 atom stereocenters. The Morgan fingerprint density at radius 2 is 1.83 bits per heavy atom. The summed E-state index contributed by atoms with van der Waals surface area (Å²) >= 11 is 0. The summed E-state index contributed by atoms with van der Waals surface area (Å²) in [5.74, 6) is 1.61. The van der Waals surface area contributed by atoms with Crippen LogP contribution in [-0.4, -0.2) is 13.1 Å². The topological polar surface area (TPSA) is 12.0 Å². The summed E-state index contributed by atoms with van der Waals surface area (Å²) in [6, 6.07) is 10.9. The Hall–Kier alpha value is -0.820. The predicted molar refractivity (Wildman–Crippen MR) is 80.9 cm³/mol. The molecule has 0 spiro atoms. The summed E-state index contributed by atoms with van der Waals surface area (Å²) in [4.78, 5) is 0. The average Bonchev–Trinajstić information content (AvgIpc) is 2.40. The van der Waals surface area contributed by atoms with Gasteiger partial charge in [0.1, 0.15) is 0 Å². The minimum Gasteiger partial charge on any atom is -0.316 e. The number of nitrogens with one attached hydrogen (secondary N) is 1. The zero-order valence-electron chi connectivity index (χ0n) is 12.3. The molecule has 1 rings (SSSR count). The van der Waals surface area contributed by atoms with Gasteiger partial charge in [0.25, 0.3) is 0 Å². The second-order valence-electron chi connectivity index (χ2n) is 5.51. The van der Waals surface area contributed by atoms with Gasteiger partial charge in [-0.2, -0.15) is 0 Å². The molecule has 0 aliphatic rings. The molecule has 2 unspecified atom stereocenters. The highest BCUT2D eigenvalue weighted by Gasteiger charge is 2.12. The summed E-state index contributed by atoms with van der Waals surface area (Å²) in [7, 11) is 0. The standard InChI is InChI=1S/C17H29N/c1-4-11-18-14-17(12-15(3)5-2)13-16-9-7-6-8-10-16/h6-10,15,17-18H,4-5,11-14H2,1-3H3. The molecule has 1 aromatic carbocycles. The van der Waals surface area contributed by atoms with Crippen LogP contribution in [0.25, 0.3) is 0 Å². The first-order valence-corrected chi connectivity index (χ1v) is 7.50. The largest absolute Gasteiger partial charge is 0.316 e. The van der Waals surface area contributed by atoms with E-state index in [9.17, 15) is 0 Å². The van der Waals surface area contributed by atoms with Gasteiger partial charge in [0, 0.05) is 0 Å². The Labute approximate surface area is 113 Å². The van der Waals surface area contributed by atoms with Crippen LogP contribution in [-0.2, 0) is 6.42 Å². The normalized spacial score (nSPS) is 14.4. The fourth-order valence-corrected chi connectivity index (χ4v) is 2.40. The van der Waals surface area contributed by atoms with Crippen molar-refractivity contribution in [3.05, 3.63) is 35.9 Å². The van der Waals surface area contributed by atoms with E-state index in [4.69, 9.17) is 0 Å². The molecule has 102 valence electrons. The molecule has 0 fully saturated rings. The van der Waals surface area contributed by atoms with Crippen molar-refractivity contribution >= 4 is 0 Å². The van der Waals surface area contributed by atoms with Gasteiger partial charge in [-0.1, -0.05) is 57.5 Å². The third-order valence-corrected chi connectivity index (χ3v) is 3.66. The van der Waals surface area contributed by atoms with E-state index in [2.05, 4.69) is 56.4 Å². The van der Waals surface area contributed by atoms with Crippen LogP contribution >= 0.6 is 0 Å². The summed E-state index contributed by atoms with van der Waals surface area (Å²) in [5.41, 5.74) is 1.48. The first-order chi connectivity index (χ1) is 8.76. The highest BCUT2D eigenvalue weighted by atomic mass is 14.8. The first kappa shape index (κ1) is 15.2. The molecule has 18 heavy (non-hydrogen) atoms. The number of benzene rings is 1. The predicted octanol–water partition coefficient (Wildman–Crippen LogP) is 4.28. The molecular weight excluding hydrogens is 218 g/mol. The van der Waals surface area contributed by atoms with Crippen LogP contribution in [0.4, 0.5) is 0 Å². The van der Waals surface area contributed by atoms with Gasteiger partial charge in [-0.3, -0.25) is 0 Å². The maximum Gasteiger partial charge on any atom is -0.00172 e. The minimum absolute atomic E-state index is 0.772. The lowest BCUT2D eigenvalue weighted by Crippen LogP contribution is -2.26. The van der Waals surface area contributed by atoms with Gasteiger partial charge in [0.15, 0.2) is 0 Å².